The fourth-order valence-corrected chi connectivity index (χ4v) is 2.60. The van der Waals surface area contributed by atoms with Crippen LogP contribution >= 0.6 is 15.9 Å². The average Bonchev–Trinajstić information content (AvgIpc) is 2.82. The van der Waals surface area contributed by atoms with Gasteiger partial charge < -0.3 is 31.7 Å². The van der Waals surface area contributed by atoms with E-state index in [2.05, 4.69) is 26.6 Å². The number of aliphatic carboxylic acids is 3. The van der Waals surface area contributed by atoms with Crippen molar-refractivity contribution in [2.45, 2.75) is 43.9 Å². The lowest BCUT2D eigenvalue weighted by Crippen LogP contribution is -2.48. The Hall–Kier alpha value is -3.77. The van der Waals surface area contributed by atoms with Gasteiger partial charge in [0.1, 0.15) is 18.6 Å². The molecule has 0 aliphatic heterocycles. The summed E-state index contributed by atoms with van der Waals surface area (Å²) in [6.45, 7) is -0.700. The van der Waals surface area contributed by atoms with Crippen LogP contribution in [0.2, 0.25) is 0 Å². The maximum Gasteiger partial charge on any atom is 0.490 e. The first kappa shape index (κ1) is 34.2. The van der Waals surface area contributed by atoms with Crippen LogP contribution < -0.4 is 21.4 Å². The largest absolute Gasteiger partial charge is 0.490 e. The van der Waals surface area contributed by atoms with Gasteiger partial charge in [0.2, 0.25) is 11.8 Å². The van der Waals surface area contributed by atoms with Gasteiger partial charge in [0, 0.05) is 17.3 Å². The van der Waals surface area contributed by atoms with Gasteiger partial charge in [-0.15, -0.1) is 0 Å². The second-order valence-electron chi connectivity index (χ2n) is 7.24. The van der Waals surface area contributed by atoms with Crippen molar-refractivity contribution >= 4 is 57.2 Å². The van der Waals surface area contributed by atoms with E-state index in [0.29, 0.717) is 5.06 Å². The Balaban J connectivity index is 0.00000171. The molecule has 212 valence electrons. The Morgan fingerprint density at radius 2 is 1.50 bits per heavy atom. The smallest absolute Gasteiger partial charge is 0.480 e. The van der Waals surface area contributed by atoms with Gasteiger partial charge in [0.25, 0.3) is 5.91 Å². The van der Waals surface area contributed by atoms with Gasteiger partial charge in [-0.1, -0.05) is 15.9 Å². The van der Waals surface area contributed by atoms with Crippen LogP contribution in [0.1, 0.15) is 25.7 Å². The molecule has 0 saturated heterocycles. The summed E-state index contributed by atoms with van der Waals surface area (Å²) in [6.07, 6.45) is -6.16. The number of carboxylic acid groups (broad SMARTS) is 3. The molecule has 0 fully saturated rings. The van der Waals surface area contributed by atoms with Crippen LogP contribution in [0.15, 0.2) is 28.7 Å². The summed E-state index contributed by atoms with van der Waals surface area (Å²) in [5, 5.41) is 39.4. The molecule has 14 nitrogen and oxygen atoms in total. The van der Waals surface area contributed by atoms with Crippen LogP contribution in [0.3, 0.4) is 0 Å². The Morgan fingerprint density at radius 3 is 1.95 bits per heavy atom. The van der Waals surface area contributed by atoms with Crippen molar-refractivity contribution in [1.82, 2.24) is 10.6 Å². The van der Waals surface area contributed by atoms with E-state index in [1.807, 2.05) is 0 Å². The molecular formula is C20H24BrF3N4O10. The van der Waals surface area contributed by atoms with Crippen LogP contribution in [0.4, 0.5) is 18.9 Å². The molecule has 0 aliphatic carbocycles. The third-order valence-corrected chi connectivity index (χ3v) is 4.79. The molecule has 0 aliphatic rings. The van der Waals surface area contributed by atoms with Crippen LogP contribution in [-0.2, 0) is 28.8 Å². The zero-order chi connectivity index (χ0) is 29.6. The predicted molar refractivity (Wildman–Crippen MR) is 124 cm³/mol. The van der Waals surface area contributed by atoms with Gasteiger partial charge in [-0.05, 0) is 37.1 Å². The Morgan fingerprint density at radius 1 is 0.974 bits per heavy atom. The highest BCUT2D eigenvalue weighted by Crippen LogP contribution is 2.18. The highest BCUT2D eigenvalue weighted by Gasteiger charge is 2.38. The van der Waals surface area contributed by atoms with Crippen molar-refractivity contribution in [1.29, 1.82) is 0 Å². The standard InChI is InChI=1S/C18H23BrN4O8.C2HF3O2/c19-10-1-3-11(4-2-10)23(31)15(25)8-6-13(17(28)21-9-16(26)27)22-14(24)7-5-12(20)18(29)30;3-2(4,5)1(6)7/h1-4,12-13,31H,5-9,20H2,(H,21,28)(H,22,24)(H,26,27)(H,29,30);(H,6,7)/t12-,13-;/m0./s1. The van der Waals surface area contributed by atoms with E-state index >= 15 is 0 Å². The molecular weight excluding hydrogens is 593 g/mol. The number of carbonyl (C=O) groups is 6. The first-order valence-electron chi connectivity index (χ1n) is 10.3. The molecule has 18 heteroatoms. The van der Waals surface area contributed by atoms with Crippen molar-refractivity contribution < 1.29 is 62.5 Å². The zero-order valence-electron chi connectivity index (χ0n) is 19.3. The number of alkyl halides is 3. The number of amides is 3. The van der Waals surface area contributed by atoms with Crippen LogP contribution in [-0.4, -0.2) is 81.0 Å². The maximum atomic E-state index is 12.2. The van der Waals surface area contributed by atoms with Crippen LogP contribution in [0, 0.1) is 0 Å². The summed E-state index contributed by atoms with van der Waals surface area (Å²) in [4.78, 5) is 66.8. The minimum absolute atomic E-state index is 0.183. The highest BCUT2D eigenvalue weighted by molar-refractivity contribution is 9.10. The quantitative estimate of drug-likeness (QED) is 0.126. The van der Waals surface area contributed by atoms with Crippen LogP contribution in [0.5, 0.6) is 0 Å². The number of nitrogens with one attached hydrogen (secondary N) is 2. The monoisotopic (exact) mass is 616 g/mol. The van der Waals surface area contributed by atoms with E-state index in [4.69, 9.17) is 25.8 Å². The number of nitrogens with two attached hydrogens (primary N) is 1. The Bertz CT molecular complexity index is 1010. The maximum absolute atomic E-state index is 12.2. The zero-order valence-corrected chi connectivity index (χ0v) is 20.9. The fraction of sp³-hybridized carbons (Fsp3) is 0.400. The summed E-state index contributed by atoms with van der Waals surface area (Å²) >= 11 is 3.22. The molecule has 1 aromatic rings. The fourth-order valence-electron chi connectivity index (χ4n) is 2.33. The Kier molecular flexibility index (Phi) is 14.5. The SMILES string of the molecule is N[C@@H](CCC(=O)N[C@@H](CCC(=O)N(O)c1ccc(Br)cc1)C(=O)NCC(=O)O)C(=O)O.O=C(O)C(F)(F)F. The normalized spacial score (nSPS) is 12.2. The molecule has 0 spiro atoms. The predicted octanol–water partition coefficient (Wildman–Crippen LogP) is 0.463. The third kappa shape index (κ3) is 14.1. The molecule has 0 aromatic heterocycles. The number of benzene rings is 1. The van der Waals surface area contributed by atoms with E-state index in [-0.39, 0.29) is 31.4 Å². The summed E-state index contributed by atoms with van der Waals surface area (Å²) in [7, 11) is 0. The van der Waals surface area contributed by atoms with Crippen molar-refractivity contribution in [2.75, 3.05) is 11.6 Å². The first-order chi connectivity index (χ1) is 17.4. The molecule has 38 heavy (non-hydrogen) atoms. The molecule has 3 amide bonds. The van der Waals surface area contributed by atoms with Crippen molar-refractivity contribution in [3.8, 4) is 0 Å². The van der Waals surface area contributed by atoms with Gasteiger partial charge in [0.05, 0.1) is 5.69 Å². The van der Waals surface area contributed by atoms with E-state index in [0.717, 1.165) is 4.47 Å². The number of anilines is 1. The number of halogens is 4. The molecule has 0 heterocycles. The lowest BCUT2D eigenvalue weighted by atomic mass is 10.1. The second kappa shape index (κ2) is 16.2. The lowest BCUT2D eigenvalue weighted by Gasteiger charge is -2.20. The van der Waals surface area contributed by atoms with E-state index in [1.165, 1.54) is 12.1 Å². The molecule has 0 saturated carbocycles. The summed E-state index contributed by atoms with van der Waals surface area (Å²) in [5.74, 6) is -7.66. The topological polar surface area (TPSA) is 237 Å². The molecule has 1 aromatic carbocycles. The van der Waals surface area contributed by atoms with E-state index < -0.39 is 60.4 Å². The number of hydrogen-bond donors (Lipinski definition) is 7. The number of nitrogens with zero attached hydrogens (tertiary/aromatic N) is 1. The first-order valence-corrected chi connectivity index (χ1v) is 11.1. The van der Waals surface area contributed by atoms with Gasteiger partial charge in [-0.25, -0.2) is 4.79 Å². The molecule has 2 atom stereocenters. The van der Waals surface area contributed by atoms with Gasteiger partial charge in [-0.3, -0.25) is 29.2 Å². The number of hydroxylamine groups is 1. The van der Waals surface area contributed by atoms with Gasteiger partial charge >= 0.3 is 24.1 Å². The molecule has 1 rings (SSSR count). The van der Waals surface area contributed by atoms with Crippen LogP contribution in [0.25, 0.3) is 0 Å². The number of carbonyl (C=O) groups excluding carboxylic acids is 3. The van der Waals surface area contributed by atoms with Crippen molar-refractivity contribution in [2.24, 2.45) is 5.73 Å². The molecule has 0 bridgehead atoms. The molecule has 0 unspecified atom stereocenters. The average molecular weight is 617 g/mol. The Labute approximate surface area is 220 Å². The van der Waals surface area contributed by atoms with Gasteiger partial charge in [0.15, 0.2) is 0 Å². The minimum Gasteiger partial charge on any atom is -0.480 e. The molecule has 0 radical (unpaired) electrons. The van der Waals surface area contributed by atoms with Crippen molar-refractivity contribution in [3.05, 3.63) is 28.7 Å². The summed E-state index contributed by atoms with van der Waals surface area (Å²) < 4.78 is 32.5. The lowest BCUT2D eigenvalue weighted by molar-refractivity contribution is -0.192. The van der Waals surface area contributed by atoms with Crippen molar-refractivity contribution in [3.63, 3.8) is 0 Å². The summed E-state index contributed by atoms with van der Waals surface area (Å²) in [5.41, 5.74) is 5.51. The third-order valence-electron chi connectivity index (χ3n) is 4.26. The van der Waals surface area contributed by atoms with Gasteiger partial charge in [-0.2, -0.15) is 18.2 Å². The molecule has 8 N–H and O–H groups in total. The minimum atomic E-state index is -5.08. The highest BCUT2D eigenvalue weighted by atomic mass is 79.9. The van der Waals surface area contributed by atoms with E-state index in [9.17, 15) is 42.4 Å². The number of rotatable bonds is 12. The second-order valence-corrected chi connectivity index (χ2v) is 8.15. The number of carboxylic acids is 3. The van der Waals surface area contributed by atoms with E-state index in [1.54, 1.807) is 12.1 Å². The number of hydrogen-bond acceptors (Lipinski definition) is 8. The summed E-state index contributed by atoms with van der Waals surface area (Å²) in [6, 6.07) is 3.63.